The van der Waals surface area contributed by atoms with Crippen LogP contribution in [0.2, 0.25) is 0 Å². The predicted molar refractivity (Wildman–Crippen MR) is 149 cm³/mol. The van der Waals surface area contributed by atoms with E-state index in [0.717, 1.165) is 51.0 Å². The number of aromatic hydroxyl groups is 1. The number of aromatic carboxylic acids is 1. The summed E-state index contributed by atoms with van der Waals surface area (Å²) in [5, 5.41) is 21.7. The number of phenols is 1. The Bertz CT molecular complexity index is 1550. The number of hydrogen-bond acceptors (Lipinski definition) is 3. The van der Waals surface area contributed by atoms with Gasteiger partial charge in [0.15, 0.2) is 0 Å². The third-order valence-corrected chi connectivity index (χ3v) is 9.42. The molecule has 0 unspecified atom stereocenters. The van der Waals surface area contributed by atoms with Gasteiger partial charge in [0.05, 0.1) is 0 Å². The number of ether oxygens (including phenoxy) is 1. The second-order valence-corrected chi connectivity index (χ2v) is 12.1. The number of hydrogen-bond donors (Lipinski definition) is 2. The van der Waals surface area contributed by atoms with E-state index in [0.29, 0.717) is 6.61 Å². The van der Waals surface area contributed by atoms with E-state index >= 15 is 0 Å². The van der Waals surface area contributed by atoms with Gasteiger partial charge in [-0.1, -0.05) is 30.3 Å². The summed E-state index contributed by atoms with van der Waals surface area (Å²) < 4.78 is 20.0. The van der Waals surface area contributed by atoms with Crippen molar-refractivity contribution in [3.63, 3.8) is 0 Å². The van der Waals surface area contributed by atoms with Crippen LogP contribution in [0.4, 0.5) is 4.39 Å². The largest absolute Gasteiger partial charge is 0.507 e. The van der Waals surface area contributed by atoms with Gasteiger partial charge in [0, 0.05) is 5.56 Å². The van der Waals surface area contributed by atoms with Crippen molar-refractivity contribution in [3.8, 4) is 22.6 Å². The first-order valence-electron chi connectivity index (χ1n) is 13.9. The molecule has 4 bridgehead atoms. The molecule has 4 nitrogen and oxygen atoms in total. The summed E-state index contributed by atoms with van der Waals surface area (Å²) in [6.45, 7) is 0.387. The number of benzene rings is 4. The highest BCUT2D eigenvalue weighted by molar-refractivity contribution is 5.93. The molecule has 8 rings (SSSR count). The fourth-order valence-corrected chi connectivity index (χ4v) is 8.06. The lowest BCUT2D eigenvalue weighted by Gasteiger charge is -2.57. The van der Waals surface area contributed by atoms with Gasteiger partial charge in [-0.2, -0.15) is 0 Å². The summed E-state index contributed by atoms with van der Waals surface area (Å²) in [5.41, 5.74) is 3.94. The monoisotopic (exact) mass is 522 g/mol. The number of halogens is 1. The second-order valence-electron chi connectivity index (χ2n) is 12.1. The van der Waals surface area contributed by atoms with Crippen LogP contribution in [-0.2, 0) is 12.0 Å². The van der Waals surface area contributed by atoms with Crippen molar-refractivity contribution in [1.82, 2.24) is 0 Å². The lowest BCUT2D eigenvalue weighted by Crippen LogP contribution is -2.48. The maximum absolute atomic E-state index is 13.5. The summed E-state index contributed by atoms with van der Waals surface area (Å²) in [4.78, 5) is 11.3. The van der Waals surface area contributed by atoms with Crippen molar-refractivity contribution in [1.29, 1.82) is 0 Å². The van der Waals surface area contributed by atoms with Crippen molar-refractivity contribution >= 4 is 16.7 Å². The summed E-state index contributed by atoms with van der Waals surface area (Å²) in [6.07, 6.45) is 7.71. The Morgan fingerprint density at radius 1 is 0.821 bits per heavy atom. The molecule has 0 saturated heterocycles. The van der Waals surface area contributed by atoms with E-state index in [9.17, 15) is 19.4 Å². The molecule has 2 N–H and O–H groups in total. The highest BCUT2D eigenvalue weighted by Gasteiger charge is 2.52. The molecule has 4 aromatic rings. The third kappa shape index (κ3) is 4.34. The van der Waals surface area contributed by atoms with Crippen molar-refractivity contribution in [3.05, 3.63) is 95.3 Å². The number of carbonyl (C=O) groups is 1. The maximum Gasteiger partial charge on any atom is 0.339 e. The molecule has 0 radical (unpaired) electrons. The topological polar surface area (TPSA) is 66.8 Å². The van der Waals surface area contributed by atoms with E-state index in [4.69, 9.17) is 4.74 Å². The van der Waals surface area contributed by atoms with E-state index in [1.165, 1.54) is 68.4 Å². The van der Waals surface area contributed by atoms with Gasteiger partial charge in [0.25, 0.3) is 0 Å². The van der Waals surface area contributed by atoms with Crippen LogP contribution in [-0.4, -0.2) is 16.2 Å². The van der Waals surface area contributed by atoms with Crippen LogP contribution >= 0.6 is 0 Å². The summed E-state index contributed by atoms with van der Waals surface area (Å²) in [6, 6.07) is 21.8. The van der Waals surface area contributed by atoms with Crippen LogP contribution in [0.1, 0.15) is 60.0 Å². The Balaban J connectivity index is 1.31. The fraction of sp³-hybridized carbons (Fsp3) is 0.324. The first-order chi connectivity index (χ1) is 18.8. The van der Waals surface area contributed by atoms with E-state index in [1.807, 2.05) is 6.07 Å². The van der Waals surface area contributed by atoms with Gasteiger partial charge in [-0.3, -0.25) is 0 Å². The molecule has 4 saturated carbocycles. The predicted octanol–water partition coefficient (Wildman–Crippen LogP) is 8.10. The SMILES string of the molecule is O=C(O)c1ccc(-c2ccc3cc(OCc4ccc(F)cc4)c(C45CC6CC(CC(C6)C4)C5)cc3c2)cc1O. The molecule has 5 heteroatoms. The van der Waals surface area contributed by atoms with Gasteiger partial charge in [-0.05, 0) is 132 Å². The molecule has 0 atom stereocenters. The Labute approximate surface area is 227 Å². The van der Waals surface area contributed by atoms with Gasteiger partial charge in [-0.15, -0.1) is 0 Å². The van der Waals surface area contributed by atoms with E-state index < -0.39 is 5.97 Å². The Kier molecular flexibility index (Phi) is 5.66. The van der Waals surface area contributed by atoms with Gasteiger partial charge in [0.2, 0.25) is 0 Å². The minimum Gasteiger partial charge on any atom is -0.507 e. The van der Waals surface area contributed by atoms with Gasteiger partial charge in [-0.25, -0.2) is 9.18 Å². The van der Waals surface area contributed by atoms with Gasteiger partial charge in [0.1, 0.15) is 29.5 Å². The molecular formula is C34H31FO4. The normalized spacial score (nSPS) is 25.2. The van der Waals surface area contributed by atoms with Crippen LogP contribution < -0.4 is 4.74 Å². The minimum atomic E-state index is -1.15. The molecule has 4 aliphatic carbocycles. The van der Waals surface area contributed by atoms with Crippen LogP contribution in [0.25, 0.3) is 21.9 Å². The smallest absolute Gasteiger partial charge is 0.339 e. The van der Waals surface area contributed by atoms with Crippen molar-refractivity contribution in [2.24, 2.45) is 17.8 Å². The molecule has 198 valence electrons. The first-order valence-corrected chi connectivity index (χ1v) is 13.9. The number of rotatable bonds is 6. The van der Waals surface area contributed by atoms with Crippen LogP contribution in [0.15, 0.2) is 72.8 Å². The van der Waals surface area contributed by atoms with Crippen molar-refractivity contribution in [2.75, 3.05) is 0 Å². The highest BCUT2D eigenvalue weighted by Crippen LogP contribution is 2.62. The zero-order valence-corrected chi connectivity index (χ0v) is 21.7. The van der Waals surface area contributed by atoms with Gasteiger partial charge >= 0.3 is 5.97 Å². The standard InChI is InChI=1S/C34H31FO4/c35-28-6-1-20(2-7-28)19-39-32-15-26-4-3-24(25-5-8-29(33(37)38)31(36)14-25)12-27(26)13-30(32)34-16-21-9-22(17-34)11-23(10-21)18-34/h1-8,12-15,21-23,36H,9-11,16-19H2,(H,37,38). The molecule has 0 aromatic heterocycles. The van der Waals surface area contributed by atoms with E-state index in [-0.39, 0.29) is 22.5 Å². The molecule has 0 aliphatic heterocycles. The lowest BCUT2D eigenvalue weighted by molar-refractivity contribution is -0.00640. The maximum atomic E-state index is 13.5. The molecular weight excluding hydrogens is 491 g/mol. The Morgan fingerprint density at radius 2 is 1.46 bits per heavy atom. The molecule has 0 heterocycles. The van der Waals surface area contributed by atoms with Crippen LogP contribution in [0.5, 0.6) is 11.5 Å². The van der Waals surface area contributed by atoms with Crippen molar-refractivity contribution < 1.29 is 24.1 Å². The third-order valence-electron chi connectivity index (χ3n) is 9.42. The second kappa shape index (κ2) is 9.11. The molecule has 0 spiro atoms. The Hall–Kier alpha value is -3.86. The van der Waals surface area contributed by atoms with Crippen LogP contribution in [0.3, 0.4) is 0 Å². The van der Waals surface area contributed by atoms with Crippen molar-refractivity contribution in [2.45, 2.75) is 50.5 Å². The summed E-state index contributed by atoms with van der Waals surface area (Å²) in [5.74, 6) is 1.66. The molecule has 0 amide bonds. The average Bonchev–Trinajstić information content (AvgIpc) is 2.91. The minimum absolute atomic E-state index is 0.105. The summed E-state index contributed by atoms with van der Waals surface area (Å²) in [7, 11) is 0. The zero-order chi connectivity index (χ0) is 26.7. The zero-order valence-electron chi connectivity index (χ0n) is 21.7. The summed E-state index contributed by atoms with van der Waals surface area (Å²) >= 11 is 0. The number of carboxylic acid groups (broad SMARTS) is 1. The van der Waals surface area contributed by atoms with Gasteiger partial charge < -0.3 is 14.9 Å². The molecule has 39 heavy (non-hydrogen) atoms. The van der Waals surface area contributed by atoms with E-state index in [2.05, 4.69) is 24.3 Å². The van der Waals surface area contributed by atoms with Crippen LogP contribution in [0, 0.1) is 23.6 Å². The highest BCUT2D eigenvalue weighted by atomic mass is 19.1. The molecule has 4 aromatic carbocycles. The number of carboxylic acids is 1. The Morgan fingerprint density at radius 3 is 2.10 bits per heavy atom. The van der Waals surface area contributed by atoms with E-state index in [1.54, 1.807) is 18.2 Å². The first kappa shape index (κ1) is 24.2. The average molecular weight is 523 g/mol. The quantitative estimate of drug-likeness (QED) is 0.269. The number of fused-ring (bicyclic) bond motifs is 1. The molecule has 4 fully saturated rings. The lowest BCUT2D eigenvalue weighted by atomic mass is 9.48. The molecule has 4 aliphatic rings. The fourth-order valence-electron chi connectivity index (χ4n) is 8.06.